The van der Waals surface area contributed by atoms with Crippen molar-refractivity contribution in [2.45, 2.75) is 9.79 Å². The van der Waals surface area contributed by atoms with Gasteiger partial charge in [-0.15, -0.1) is 0 Å². The largest absolute Gasteiger partial charge is 0.366 e. The first-order chi connectivity index (χ1) is 9.06. The normalized spacial score (nSPS) is 10.1. The van der Waals surface area contributed by atoms with Gasteiger partial charge in [0.05, 0.1) is 4.92 Å². The van der Waals surface area contributed by atoms with Gasteiger partial charge in [0.1, 0.15) is 0 Å². The van der Waals surface area contributed by atoms with Gasteiger partial charge < -0.3 is 5.73 Å². The van der Waals surface area contributed by atoms with Crippen LogP contribution in [0.3, 0.4) is 0 Å². The molecular weight excluding hydrogens is 264 g/mol. The number of carbonyl (C=O) groups is 1. The fraction of sp³-hybridized carbons (Fsp3) is 0. The molecule has 0 aromatic heterocycles. The van der Waals surface area contributed by atoms with Crippen LogP contribution in [0.4, 0.5) is 5.69 Å². The van der Waals surface area contributed by atoms with Gasteiger partial charge in [0.15, 0.2) is 0 Å². The topological polar surface area (TPSA) is 86.2 Å². The molecule has 0 radical (unpaired) electrons. The minimum atomic E-state index is -0.480. The van der Waals surface area contributed by atoms with E-state index in [-0.39, 0.29) is 5.69 Å². The minimum Gasteiger partial charge on any atom is -0.366 e. The van der Waals surface area contributed by atoms with Crippen molar-refractivity contribution in [2.75, 3.05) is 0 Å². The molecule has 96 valence electrons. The van der Waals surface area contributed by atoms with Crippen molar-refractivity contribution in [3.05, 3.63) is 64.2 Å². The molecule has 2 aromatic rings. The van der Waals surface area contributed by atoms with E-state index >= 15 is 0 Å². The molecule has 0 spiro atoms. The Balaban J connectivity index is 2.19. The van der Waals surface area contributed by atoms with E-state index in [1.165, 1.54) is 23.9 Å². The molecule has 0 aliphatic heterocycles. The number of nitro benzene ring substituents is 1. The molecule has 2 rings (SSSR count). The summed E-state index contributed by atoms with van der Waals surface area (Å²) >= 11 is 1.41. The second kappa shape index (κ2) is 5.53. The number of amides is 1. The van der Waals surface area contributed by atoms with Crippen LogP contribution in [-0.2, 0) is 0 Å². The molecule has 5 nitrogen and oxygen atoms in total. The highest BCUT2D eigenvalue weighted by molar-refractivity contribution is 7.99. The fourth-order valence-corrected chi connectivity index (χ4v) is 2.36. The van der Waals surface area contributed by atoms with Gasteiger partial charge in [0, 0.05) is 27.5 Å². The molecule has 19 heavy (non-hydrogen) atoms. The average Bonchev–Trinajstić information content (AvgIpc) is 2.39. The molecule has 0 saturated heterocycles. The van der Waals surface area contributed by atoms with Gasteiger partial charge in [0.2, 0.25) is 5.91 Å². The van der Waals surface area contributed by atoms with Gasteiger partial charge in [-0.3, -0.25) is 14.9 Å². The molecule has 0 aliphatic carbocycles. The SMILES string of the molecule is NC(=O)c1cccc(Sc2ccc([N+](=O)[O-])cc2)c1. The van der Waals surface area contributed by atoms with Gasteiger partial charge >= 0.3 is 0 Å². The Morgan fingerprint density at radius 1 is 1.11 bits per heavy atom. The summed E-state index contributed by atoms with van der Waals surface area (Å²) in [6.45, 7) is 0. The van der Waals surface area contributed by atoms with Crippen LogP contribution in [0.2, 0.25) is 0 Å². The third kappa shape index (κ3) is 3.32. The van der Waals surface area contributed by atoms with Crippen LogP contribution >= 0.6 is 11.8 Å². The monoisotopic (exact) mass is 274 g/mol. The number of hydrogen-bond donors (Lipinski definition) is 1. The van der Waals surface area contributed by atoms with Gasteiger partial charge in [-0.05, 0) is 30.3 Å². The standard InChI is InChI=1S/C13H10N2O3S/c14-13(16)9-2-1-3-12(8-9)19-11-6-4-10(5-7-11)15(17)18/h1-8H,(H2,14,16). The molecule has 6 heteroatoms. The third-order valence-corrected chi connectivity index (χ3v) is 3.40. The molecular formula is C13H10N2O3S. The zero-order valence-corrected chi connectivity index (χ0v) is 10.6. The second-order valence-electron chi connectivity index (χ2n) is 3.75. The van der Waals surface area contributed by atoms with Crippen molar-refractivity contribution in [2.24, 2.45) is 5.73 Å². The summed E-state index contributed by atoms with van der Waals surface area (Å²) in [6, 6.07) is 13.1. The quantitative estimate of drug-likeness (QED) is 0.686. The lowest BCUT2D eigenvalue weighted by molar-refractivity contribution is -0.384. The first-order valence-corrected chi connectivity index (χ1v) is 6.20. The number of nitrogens with two attached hydrogens (primary N) is 1. The number of benzene rings is 2. The zero-order chi connectivity index (χ0) is 13.8. The van der Waals surface area contributed by atoms with Crippen molar-refractivity contribution >= 4 is 23.4 Å². The van der Waals surface area contributed by atoms with Crippen LogP contribution in [0.5, 0.6) is 0 Å². The molecule has 0 heterocycles. The van der Waals surface area contributed by atoms with E-state index in [9.17, 15) is 14.9 Å². The Morgan fingerprint density at radius 2 is 1.79 bits per heavy atom. The van der Waals surface area contributed by atoms with Crippen molar-refractivity contribution in [1.82, 2.24) is 0 Å². The summed E-state index contributed by atoms with van der Waals surface area (Å²) in [7, 11) is 0. The summed E-state index contributed by atoms with van der Waals surface area (Å²) in [5.41, 5.74) is 5.69. The van der Waals surface area contributed by atoms with Crippen LogP contribution in [0.25, 0.3) is 0 Å². The molecule has 0 atom stereocenters. The highest BCUT2D eigenvalue weighted by atomic mass is 32.2. The molecule has 0 bridgehead atoms. The molecule has 1 amide bonds. The van der Waals surface area contributed by atoms with E-state index in [2.05, 4.69) is 0 Å². The number of primary amides is 1. The van der Waals surface area contributed by atoms with Crippen LogP contribution in [0, 0.1) is 10.1 Å². The van der Waals surface area contributed by atoms with Crippen LogP contribution in [-0.4, -0.2) is 10.8 Å². The lowest BCUT2D eigenvalue weighted by atomic mass is 10.2. The van der Waals surface area contributed by atoms with Crippen molar-refractivity contribution in [3.8, 4) is 0 Å². The van der Waals surface area contributed by atoms with Gasteiger partial charge in [-0.25, -0.2) is 0 Å². The molecule has 0 fully saturated rings. The number of non-ortho nitro benzene ring substituents is 1. The molecule has 0 aliphatic rings. The van der Waals surface area contributed by atoms with E-state index in [4.69, 9.17) is 5.73 Å². The zero-order valence-electron chi connectivity index (χ0n) is 9.78. The number of nitrogens with zero attached hydrogens (tertiary/aromatic N) is 1. The molecule has 0 unspecified atom stereocenters. The van der Waals surface area contributed by atoms with Crippen LogP contribution in [0.15, 0.2) is 58.3 Å². The van der Waals surface area contributed by atoms with E-state index in [0.717, 1.165) is 9.79 Å². The summed E-state index contributed by atoms with van der Waals surface area (Å²) in [5, 5.41) is 10.5. The van der Waals surface area contributed by atoms with Crippen LogP contribution < -0.4 is 5.73 Å². The lowest BCUT2D eigenvalue weighted by Gasteiger charge is -2.03. The van der Waals surface area contributed by atoms with Crippen molar-refractivity contribution in [3.63, 3.8) is 0 Å². The number of rotatable bonds is 4. The first kappa shape index (κ1) is 13.1. The Labute approximate surface area is 113 Å². The third-order valence-electron chi connectivity index (χ3n) is 2.40. The predicted molar refractivity (Wildman–Crippen MR) is 72.2 cm³/mol. The predicted octanol–water partition coefficient (Wildman–Crippen LogP) is 2.84. The summed E-state index contributed by atoms with van der Waals surface area (Å²) in [6.07, 6.45) is 0. The molecule has 2 aromatic carbocycles. The first-order valence-electron chi connectivity index (χ1n) is 5.38. The summed E-state index contributed by atoms with van der Waals surface area (Å²) < 4.78 is 0. The molecule has 0 saturated carbocycles. The van der Waals surface area contributed by atoms with Gasteiger partial charge in [-0.2, -0.15) is 0 Å². The smallest absolute Gasteiger partial charge is 0.269 e. The Hall–Kier alpha value is -2.34. The Bertz CT molecular complexity index is 626. The Kier molecular flexibility index (Phi) is 3.82. The maximum absolute atomic E-state index is 11.1. The van der Waals surface area contributed by atoms with Gasteiger partial charge in [0.25, 0.3) is 5.69 Å². The van der Waals surface area contributed by atoms with Crippen molar-refractivity contribution in [1.29, 1.82) is 0 Å². The number of carbonyl (C=O) groups excluding carboxylic acids is 1. The summed E-state index contributed by atoms with van der Waals surface area (Å²) in [5.74, 6) is -0.480. The minimum absolute atomic E-state index is 0.0511. The van der Waals surface area contributed by atoms with E-state index in [1.54, 1.807) is 30.3 Å². The second-order valence-corrected chi connectivity index (χ2v) is 4.89. The number of hydrogen-bond acceptors (Lipinski definition) is 4. The highest BCUT2D eigenvalue weighted by Crippen LogP contribution is 2.29. The number of nitro groups is 1. The lowest BCUT2D eigenvalue weighted by Crippen LogP contribution is -2.10. The maximum atomic E-state index is 11.1. The Morgan fingerprint density at radius 3 is 2.37 bits per heavy atom. The maximum Gasteiger partial charge on any atom is 0.269 e. The highest BCUT2D eigenvalue weighted by Gasteiger charge is 2.06. The fourth-order valence-electron chi connectivity index (χ4n) is 1.48. The van der Waals surface area contributed by atoms with E-state index < -0.39 is 10.8 Å². The van der Waals surface area contributed by atoms with E-state index in [0.29, 0.717) is 5.56 Å². The molecule has 2 N–H and O–H groups in total. The van der Waals surface area contributed by atoms with Gasteiger partial charge in [-0.1, -0.05) is 17.8 Å². The van der Waals surface area contributed by atoms with E-state index in [1.807, 2.05) is 6.07 Å². The summed E-state index contributed by atoms with van der Waals surface area (Å²) in [4.78, 5) is 22.9. The average molecular weight is 274 g/mol. The van der Waals surface area contributed by atoms with Crippen molar-refractivity contribution < 1.29 is 9.72 Å². The van der Waals surface area contributed by atoms with Crippen LogP contribution in [0.1, 0.15) is 10.4 Å².